The molecule has 0 saturated carbocycles. The van der Waals surface area contributed by atoms with Crippen molar-refractivity contribution >= 4 is 52.7 Å². The van der Waals surface area contributed by atoms with Crippen LogP contribution >= 0.6 is 0 Å². The Balaban J connectivity index is 0. The van der Waals surface area contributed by atoms with Crippen LogP contribution in [0.1, 0.15) is 57.9 Å². The van der Waals surface area contributed by atoms with Crippen LogP contribution in [0.15, 0.2) is 67.3 Å². The lowest BCUT2D eigenvalue weighted by Crippen LogP contribution is -2.43. The molecule has 0 amide bonds. The van der Waals surface area contributed by atoms with Gasteiger partial charge < -0.3 is 90.6 Å². The maximum absolute atomic E-state index is 11.3. The molecule has 8 atom stereocenters. The number of aromatic nitrogens is 3. The number of aromatic amines is 2. The molecule has 23 N–H and O–H groups in total. The number of nitrogens with two attached hydrogens (primary N) is 7. The minimum atomic E-state index is -1.20. The van der Waals surface area contributed by atoms with Crippen LogP contribution in [0.5, 0.6) is 5.75 Å². The van der Waals surface area contributed by atoms with Crippen LogP contribution in [-0.2, 0) is 57.6 Å². The number of nitrogens with one attached hydrogen (secondary N) is 2. The van der Waals surface area contributed by atoms with E-state index >= 15 is 0 Å². The average molecular weight is 965 g/mol. The summed E-state index contributed by atoms with van der Waals surface area (Å²) < 4.78 is 4.40. The van der Waals surface area contributed by atoms with Crippen molar-refractivity contribution in [3.63, 3.8) is 0 Å². The fourth-order valence-corrected chi connectivity index (χ4v) is 4.41. The fraction of sp³-hybridized carbons (Fsp3) is 0.442. The molecule has 4 aromatic rings. The highest BCUT2D eigenvalue weighted by Gasteiger charge is 2.26. The first-order chi connectivity index (χ1) is 31.6. The third-order valence-corrected chi connectivity index (χ3v) is 9.08. The Kier molecular flexibility index (Phi) is 31.3. The van der Waals surface area contributed by atoms with Gasteiger partial charge in [0.1, 0.15) is 48.0 Å². The number of imidazole rings is 1. The molecule has 25 heteroatoms. The van der Waals surface area contributed by atoms with Gasteiger partial charge in [-0.15, -0.1) is 0 Å². The second-order valence-electron chi connectivity index (χ2n) is 15.2. The lowest BCUT2D eigenvalue weighted by Gasteiger charge is -2.16. The Morgan fingerprint density at radius 2 is 1.13 bits per heavy atom. The van der Waals surface area contributed by atoms with Gasteiger partial charge in [0.05, 0.1) is 12.9 Å². The number of para-hydroxylation sites is 1. The van der Waals surface area contributed by atoms with Crippen LogP contribution in [0.3, 0.4) is 0 Å². The SMILES string of the molecule is CC(C)[C@H](N)C(=O)O.CC[C@H](C)[C@H](N)C(=O)OC(=O)[C@@H](N)CO.C[C@H](N)C(=O)O.N[C@@H](Cc1c[nH]c2ccccc12)C(=O)O.N[C@@H](Cc1ccc(O)cc1)C(=O)O.N[C@@H](Cc1cnc[nH]1)C(=O)O. The number of ether oxygens (including phenoxy) is 1. The van der Waals surface area contributed by atoms with Crippen molar-refractivity contribution in [2.24, 2.45) is 52.0 Å². The second kappa shape index (κ2) is 33.6. The number of phenolic OH excluding ortho intramolecular Hbond substituents is 1. The van der Waals surface area contributed by atoms with Crippen LogP contribution in [0, 0.1) is 11.8 Å². The molecule has 2 aromatic carbocycles. The number of rotatable bonds is 17. The summed E-state index contributed by atoms with van der Waals surface area (Å²) in [5.41, 5.74) is 40.2. The number of carboxylic acid groups (broad SMARTS) is 5. The molecule has 0 aliphatic carbocycles. The van der Waals surface area contributed by atoms with Gasteiger partial charge in [-0.3, -0.25) is 24.0 Å². The molecule has 0 radical (unpaired) electrons. The number of esters is 2. The summed E-state index contributed by atoms with van der Waals surface area (Å²) in [4.78, 5) is 82.7. The highest BCUT2D eigenvalue weighted by atomic mass is 16.6. The van der Waals surface area contributed by atoms with E-state index < -0.39 is 90.7 Å². The Morgan fingerprint density at radius 1 is 0.632 bits per heavy atom. The predicted molar refractivity (Wildman–Crippen MR) is 248 cm³/mol. The van der Waals surface area contributed by atoms with Gasteiger partial charge >= 0.3 is 41.8 Å². The smallest absolute Gasteiger partial charge is 0.332 e. The number of carbonyl (C=O) groups excluding carboxylic acids is 2. The first-order valence-corrected chi connectivity index (χ1v) is 20.7. The van der Waals surface area contributed by atoms with Crippen LogP contribution < -0.4 is 40.1 Å². The number of carboxylic acids is 5. The summed E-state index contributed by atoms with van der Waals surface area (Å²) in [6, 6.07) is 8.00. The van der Waals surface area contributed by atoms with Gasteiger partial charge in [0.25, 0.3) is 0 Å². The van der Waals surface area contributed by atoms with E-state index in [1.165, 1.54) is 25.4 Å². The van der Waals surface area contributed by atoms with Crippen LogP contribution in [-0.4, -0.2) is 141 Å². The molecule has 0 aliphatic rings. The zero-order valence-corrected chi connectivity index (χ0v) is 38.5. The normalized spacial score (nSPS) is 13.8. The maximum Gasteiger partial charge on any atom is 0.332 e. The quantitative estimate of drug-likeness (QED) is 0.0448. The molecule has 0 saturated heterocycles. The van der Waals surface area contributed by atoms with Gasteiger partial charge in [-0.05, 0) is 54.5 Å². The summed E-state index contributed by atoms with van der Waals surface area (Å²) in [5.74, 6) is -6.54. The number of aliphatic carboxylic acids is 5. The number of hydrogen-bond donors (Lipinski definition) is 16. The van der Waals surface area contributed by atoms with E-state index in [4.69, 9.17) is 75.9 Å². The predicted octanol–water partition coefficient (Wildman–Crippen LogP) is -0.945. The highest BCUT2D eigenvalue weighted by molar-refractivity contribution is 5.91. The number of phenols is 1. The summed E-state index contributed by atoms with van der Waals surface area (Å²) in [7, 11) is 0. The molecule has 0 fully saturated rings. The minimum Gasteiger partial charge on any atom is -0.508 e. The fourth-order valence-electron chi connectivity index (χ4n) is 4.41. The van der Waals surface area contributed by atoms with Gasteiger partial charge in [0, 0.05) is 41.8 Å². The van der Waals surface area contributed by atoms with E-state index in [1.54, 1.807) is 39.1 Å². The summed E-state index contributed by atoms with van der Waals surface area (Å²) in [6.45, 7) is 8.06. The number of aliphatic hydroxyl groups is 1. The van der Waals surface area contributed by atoms with E-state index in [-0.39, 0.29) is 30.4 Å². The summed E-state index contributed by atoms with van der Waals surface area (Å²) in [5, 5.41) is 60.3. The van der Waals surface area contributed by atoms with E-state index in [0.717, 1.165) is 27.7 Å². The molecule has 25 nitrogen and oxygen atoms in total. The second-order valence-corrected chi connectivity index (χ2v) is 15.2. The molecular formula is C43H68N10O15. The summed E-state index contributed by atoms with van der Waals surface area (Å²) in [6.07, 6.45) is 6.47. The average Bonchev–Trinajstić information content (AvgIpc) is 3.96. The van der Waals surface area contributed by atoms with Crippen molar-refractivity contribution in [2.75, 3.05) is 6.61 Å². The lowest BCUT2D eigenvalue weighted by molar-refractivity contribution is -0.163. The van der Waals surface area contributed by atoms with Gasteiger partial charge in [0.2, 0.25) is 0 Å². The zero-order chi connectivity index (χ0) is 52.8. The van der Waals surface area contributed by atoms with Crippen molar-refractivity contribution in [1.82, 2.24) is 15.0 Å². The van der Waals surface area contributed by atoms with E-state index in [0.29, 0.717) is 12.8 Å². The molecule has 380 valence electrons. The van der Waals surface area contributed by atoms with Crippen molar-refractivity contribution in [1.29, 1.82) is 0 Å². The summed E-state index contributed by atoms with van der Waals surface area (Å²) >= 11 is 0. The first kappa shape index (κ1) is 63.2. The molecule has 4 rings (SSSR count). The molecule has 2 heterocycles. The van der Waals surface area contributed by atoms with E-state index in [2.05, 4.69) is 19.7 Å². The maximum atomic E-state index is 11.3. The van der Waals surface area contributed by atoms with Gasteiger partial charge in [-0.25, -0.2) is 14.6 Å². The van der Waals surface area contributed by atoms with Crippen molar-refractivity contribution in [2.45, 2.75) is 103 Å². The van der Waals surface area contributed by atoms with Crippen LogP contribution in [0.25, 0.3) is 10.9 Å². The van der Waals surface area contributed by atoms with Crippen molar-refractivity contribution < 1.29 is 74.0 Å². The molecule has 0 unspecified atom stereocenters. The third kappa shape index (κ3) is 27.0. The van der Waals surface area contributed by atoms with E-state index in [1.807, 2.05) is 37.4 Å². The number of aliphatic hydroxyl groups excluding tert-OH is 1. The van der Waals surface area contributed by atoms with Gasteiger partial charge in [-0.1, -0.05) is 64.4 Å². The highest BCUT2D eigenvalue weighted by Crippen LogP contribution is 2.18. The molecule has 0 spiro atoms. The van der Waals surface area contributed by atoms with Crippen molar-refractivity contribution in [3.05, 3.63) is 84.1 Å². The van der Waals surface area contributed by atoms with Crippen LogP contribution in [0.4, 0.5) is 0 Å². The molecule has 0 aliphatic heterocycles. The number of benzene rings is 2. The number of H-pyrrole nitrogens is 2. The number of nitrogens with zero attached hydrogens (tertiary/aromatic N) is 1. The lowest BCUT2D eigenvalue weighted by atomic mass is 10.0. The van der Waals surface area contributed by atoms with Gasteiger partial charge in [-0.2, -0.15) is 0 Å². The van der Waals surface area contributed by atoms with Crippen LogP contribution in [0.2, 0.25) is 0 Å². The largest absolute Gasteiger partial charge is 0.508 e. The number of hydrogen-bond acceptors (Lipinski definition) is 18. The third-order valence-electron chi connectivity index (χ3n) is 9.08. The Morgan fingerprint density at radius 3 is 1.54 bits per heavy atom. The topological polar surface area (TPSA) is 497 Å². The number of aromatic hydroxyl groups is 1. The first-order valence-electron chi connectivity index (χ1n) is 20.7. The Bertz CT molecular complexity index is 2120. The van der Waals surface area contributed by atoms with E-state index in [9.17, 15) is 33.6 Å². The Labute approximate surface area is 392 Å². The molecular weight excluding hydrogens is 897 g/mol. The monoisotopic (exact) mass is 964 g/mol. The molecule has 2 aromatic heterocycles. The van der Waals surface area contributed by atoms with Crippen molar-refractivity contribution in [3.8, 4) is 5.75 Å². The number of fused-ring (bicyclic) bond motifs is 1. The van der Waals surface area contributed by atoms with Gasteiger partial charge in [0.15, 0.2) is 0 Å². The molecule has 0 bridgehead atoms. The molecule has 68 heavy (non-hydrogen) atoms. The minimum absolute atomic E-state index is 0.0208. The standard InChI is InChI=1S/C11H12N2O2.C9H18N2O4.C9H11NO3.C6H9N3O2.C5H11NO2.C3H7NO2/c12-9(11(14)15)5-7-6-13-10-4-2-1-3-8(7)10;1-3-5(2)7(11)9(14)15-8(13)6(10)4-12;10-8(9(12)13)5-6-1-3-7(11)4-2-6;7-5(6(10)11)1-4-2-8-3-9-4;1-3(2)4(6)5(7)8;1-2(4)3(5)6/h1-4,6,9,13H,5,12H2,(H,14,15);5-7,12H,3-4,10-11H2,1-2H3;1-4,8,11H,5,10H2,(H,12,13);2-3,5H,1,7H2,(H,8,9)(H,10,11);3-4H,6H2,1-2H3,(H,7,8);2H,4H2,1H3,(H,5,6)/t9-;5-,6-,7-;8-;5-;4-;2-/m000000/s1. The number of carbonyl (C=O) groups is 7. The Hall–Kier alpha value is -6.84. The zero-order valence-electron chi connectivity index (χ0n) is 38.5.